The van der Waals surface area contributed by atoms with Crippen molar-refractivity contribution in [2.75, 3.05) is 0 Å². The third kappa shape index (κ3) is 2.65. The molecule has 1 N–H and O–H groups in total. The van der Waals surface area contributed by atoms with Gasteiger partial charge in [-0.2, -0.15) is 0 Å². The van der Waals surface area contributed by atoms with Crippen LogP contribution in [0.1, 0.15) is 29.6 Å². The first-order valence-electron chi connectivity index (χ1n) is 5.48. The molecule has 1 aromatic rings. The molecule has 0 spiro atoms. The van der Waals surface area contributed by atoms with E-state index in [1.54, 1.807) is 0 Å². The van der Waals surface area contributed by atoms with Crippen LogP contribution in [0.4, 0.5) is 8.78 Å². The number of benzene rings is 1. The fraction of sp³-hybridized carbons (Fsp3) is 0.417. The molecule has 1 saturated carbocycles. The second-order valence-electron chi connectivity index (χ2n) is 4.13. The van der Waals surface area contributed by atoms with E-state index in [1.165, 1.54) is 12.1 Å². The Labute approximate surface area is 107 Å². The van der Waals surface area contributed by atoms with Crippen molar-refractivity contribution in [2.24, 2.45) is 0 Å². The Morgan fingerprint density at radius 1 is 1.35 bits per heavy atom. The van der Waals surface area contributed by atoms with Gasteiger partial charge in [0.2, 0.25) is 0 Å². The van der Waals surface area contributed by atoms with Crippen molar-refractivity contribution >= 4 is 21.8 Å². The third-order valence-electron chi connectivity index (χ3n) is 2.94. The van der Waals surface area contributed by atoms with Crippen LogP contribution in [0.2, 0.25) is 0 Å². The molecule has 0 aromatic heterocycles. The fourth-order valence-electron chi connectivity index (χ4n) is 2.00. The van der Waals surface area contributed by atoms with Crippen LogP contribution < -0.4 is 5.32 Å². The SMILES string of the molecule is O=C(NC1CCCC1Br)c1cccc(F)c1F. The number of amides is 1. The van der Waals surface area contributed by atoms with E-state index in [9.17, 15) is 13.6 Å². The van der Waals surface area contributed by atoms with Gasteiger partial charge in [0.05, 0.1) is 5.56 Å². The Balaban J connectivity index is 2.12. The number of nitrogens with one attached hydrogen (secondary N) is 1. The molecule has 5 heteroatoms. The lowest BCUT2D eigenvalue weighted by Crippen LogP contribution is -2.38. The van der Waals surface area contributed by atoms with E-state index >= 15 is 0 Å². The second-order valence-corrected chi connectivity index (χ2v) is 5.30. The van der Waals surface area contributed by atoms with Crippen molar-refractivity contribution in [1.29, 1.82) is 0 Å². The highest BCUT2D eigenvalue weighted by Gasteiger charge is 2.27. The van der Waals surface area contributed by atoms with E-state index in [0.717, 1.165) is 25.3 Å². The first-order chi connectivity index (χ1) is 8.09. The first-order valence-corrected chi connectivity index (χ1v) is 6.40. The minimum atomic E-state index is -1.09. The summed E-state index contributed by atoms with van der Waals surface area (Å²) in [6.07, 6.45) is 2.86. The average molecular weight is 304 g/mol. The predicted octanol–water partition coefficient (Wildman–Crippen LogP) is 3.01. The maximum absolute atomic E-state index is 13.4. The zero-order chi connectivity index (χ0) is 12.4. The largest absolute Gasteiger partial charge is 0.348 e. The Bertz CT molecular complexity index is 439. The number of hydrogen-bond acceptors (Lipinski definition) is 1. The summed E-state index contributed by atoms with van der Waals surface area (Å²) >= 11 is 3.46. The normalized spacial score (nSPS) is 23.7. The summed E-state index contributed by atoms with van der Waals surface area (Å²) in [6.45, 7) is 0. The van der Waals surface area contributed by atoms with Crippen LogP contribution in [0.3, 0.4) is 0 Å². The second kappa shape index (κ2) is 5.12. The predicted molar refractivity (Wildman–Crippen MR) is 64.2 cm³/mol. The number of alkyl halides is 1. The van der Waals surface area contributed by atoms with Gasteiger partial charge in [0.25, 0.3) is 5.91 Å². The Kier molecular flexibility index (Phi) is 3.76. The van der Waals surface area contributed by atoms with Gasteiger partial charge >= 0.3 is 0 Å². The molecule has 1 aliphatic carbocycles. The minimum absolute atomic E-state index is 0.00910. The zero-order valence-electron chi connectivity index (χ0n) is 9.05. The highest BCUT2D eigenvalue weighted by atomic mass is 79.9. The molecule has 17 heavy (non-hydrogen) atoms. The summed E-state index contributed by atoms with van der Waals surface area (Å²) in [5.41, 5.74) is -0.239. The molecule has 2 nitrogen and oxygen atoms in total. The number of carbonyl (C=O) groups is 1. The van der Waals surface area contributed by atoms with Crippen molar-refractivity contribution in [3.8, 4) is 0 Å². The Hall–Kier alpha value is -0.970. The number of carbonyl (C=O) groups excluding carboxylic acids is 1. The van der Waals surface area contributed by atoms with Crippen LogP contribution in [-0.4, -0.2) is 16.8 Å². The van der Waals surface area contributed by atoms with E-state index in [-0.39, 0.29) is 16.4 Å². The summed E-state index contributed by atoms with van der Waals surface area (Å²) in [6, 6.07) is 3.60. The third-order valence-corrected chi connectivity index (χ3v) is 4.04. The molecule has 0 heterocycles. The van der Waals surface area contributed by atoms with E-state index in [2.05, 4.69) is 21.2 Å². The molecular formula is C12H12BrF2NO. The van der Waals surface area contributed by atoms with Gasteiger partial charge in [0.1, 0.15) is 0 Å². The standard InChI is InChI=1S/C12H12BrF2NO/c13-8-4-2-6-10(8)16-12(17)7-3-1-5-9(14)11(7)15/h1,3,5,8,10H,2,4,6H2,(H,16,17). The van der Waals surface area contributed by atoms with Gasteiger partial charge in [0, 0.05) is 10.9 Å². The lowest BCUT2D eigenvalue weighted by Gasteiger charge is -2.16. The zero-order valence-corrected chi connectivity index (χ0v) is 10.6. The van der Waals surface area contributed by atoms with Crippen LogP contribution in [0.15, 0.2) is 18.2 Å². The van der Waals surface area contributed by atoms with Gasteiger partial charge < -0.3 is 5.32 Å². The molecule has 1 aromatic carbocycles. The molecule has 2 unspecified atom stereocenters. The molecule has 1 fully saturated rings. The van der Waals surface area contributed by atoms with Gasteiger partial charge in [-0.1, -0.05) is 28.4 Å². The smallest absolute Gasteiger partial charge is 0.254 e. The Morgan fingerprint density at radius 2 is 2.12 bits per heavy atom. The van der Waals surface area contributed by atoms with E-state index in [0.29, 0.717) is 0 Å². The van der Waals surface area contributed by atoms with Crippen molar-refractivity contribution in [2.45, 2.75) is 30.1 Å². The van der Waals surface area contributed by atoms with Gasteiger partial charge in [0.15, 0.2) is 11.6 Å². The van der Waals surface area contributed by atoms with Crippen molar-refractivity contribution in [1.82, 2.24) is 5.32 Å². The minimum Gasteiger partial charge on any atom is -0.348 e. The molecule has 0 radical (unpaired) electrons. The molecule has 1 aliphatic rings. The van der Waals surface area contributed by atoms with Gasteiger partial charge in [-0.15, -0.1) is 0 Å². The number of rotatable bonds is 2. The molecular weight excluding hydrogens is 292 g/mol. The summed E-state index contributed by atoms with van der Waals surface area (Å²) in [4.78, 5) is 12.0. The van der Waals surface area contributed by atoms with Crippen LogP contribution in [0.5, 0.6) is 0 Å². The quantitative estimate of drug-likeness (QED) is 0.836. The monoisotopic (exact) mass is 303 g/mol. The van der Waals surface area contributed by atoms with Crippen molar-refractivity contribution < 1.29 is 13.6 Å². The van der Waals surface area contributed by atoms with Gasteiger partial charge in [-0.3, -0.25) is 4.79 Å². The highest BCUT2D eigenvalue weighted by molar-refractivity contribution is 9.09. The number of halogens is 3. The van der Waals surface area contributed by atoms with Crippen molar-refractivity contribution in [3.63, 3.8) is 0 Å². The van der Waals surface area contributed by atoms with Gasteiger partial charge in [-0.05, 0) is 25.0 Å². The number of hydrogen-bond donors (Lipinski definition) is 1. The average Bonchev–Trinajstić information content (AvgIpc) is 2.68. The molecule has 92 valence electrons. The maximum atomic E-state index is 13.4. The van der Waals surface area contributed by atoms with E-state index in [1.807, 2.05) is 0 Å². The summed E-state index contributed by atoms with van der Waals surface area (Å²) in [5.74, 6) is -2.65. The van der Waals surface area contributed by atoms with Crippen LogP contribution in [0, 0.1) is 11.6 Å². The molecule has 0 aliphatic heterocycles. The maximum Gasteiger partial charge on any atom is 0.254 e. The van der Waals surface area contributed by atoms with E-state index in [4.69, 9.17) is 0 Å². The molecule has 0 bridgehead atoms. The van der Waals surface area contributed by atoms with Crippen molar-refractivity contribution in [3.05, 3.63) is 35.4 Å². The summed E-state index contributed by atoms with van der Waals surface area (Å²) < 4.78 is 26.3. The van der Waals surface area contributed by atoms with Gasteiger partial charge in [-0.25, -0.2) is 8.78 Å². The fourth-order valence-corrected chi connectivity index (χ4v) is 2.72. The lowest BCUT2D eigenvalue weighted by molar-refractivity contribution is 0.0934. The highest BCUT2D eigenvalue weighted by Crippen LogP contribution is 2.26. The first kappa shape index (κ1) is 12.5. The summed E-state index contributed by atoms with van der Waals surface area (Å²) in [5, 5.41) is 2.72. The Morgan fingerprint density at radius 3 is 2.76 bits per heavy atom. The van der Waals surface area contributed by atoms with Crippen LogP contribution >= 0.6 is 15.9 Å². The topological polar surface area (TPSA) is 29.1 Å². The van der Waals surface area contributed by atoms with Crippen LogP contribution in [0.25, 0.3) is 0 Å². The molecule has 1 amide bonds. The summed E-state index contributed by atoms with van der Waals surface area (Å²) in [7, 11) is 0. The molecule has 2 rings (SSSR count). The molecule has 0 saturated heterocycles. The van der Waals surface area contributed by atoms with E-state index < -0.39 is 17.5 Å². The van der Waals surface area contributed by atoms with Crippen LogP contribution in [-0.2, 0) is 0 Å². The molecule has 2 atom stereocenters. The lowest BCUT2D eigenvalue weighted by atomic mass is 10.1.